The highest BCUT2D eigenvalue weighted by Gasteiger charge is 2.10. The summed E-state index contributed by atoms with van der Waals surface area (Å²) >= 11 is 0. The number of para-hydroxylation sites is 2. The Hall–Kier alpha value is -2.09. The van der Waals surface area contributed by atoms with Crippen molar-refractivity contribution < 1.29 is 4.74 Å². The molecule has 0 spiro atoms. The third-order valence-electron chi connectivity index (χ3n) is 2.35. The van der Waals surface area contributed by atoms with Crippen LogP contribution in [0.4, 0.5) is 5.69 Å². The first-order valence-corrected chi connectivity index (χ1v) is 4.77. The van der Waals surface area contributed by atoms with Gasteiger partial charge >= 0.3 is 0 Å². The normalized spacial score (nSPS) is 12.0. The molecule has 0 atom stereocenters. The van der Waals surface area contributed by atoms with Crippen molar-refractivity contribution in [3.63, 3.8) is 0 Å². The lowest BCUT2D eigenvalue weighted by molar-refractivity contribution is 0.469. The van der Waals surface area contributed by atoms with Gasteiger partial charge in [-0.1, -0.05) is 24.8 Å². The van der Waals surface area contributed by atoms with Crippen molar-refractivity contribution in [1.82, 2.24) is 0 Å². The zero-order valence-corrected chi connectivity index (χ0v) is 8.10. The van der Waals surface area contributed by atoms with Gasteiger partial charge in [0.2, 0.25) is 0 Å². The van der Waals surface area contributed by atoms with E-state index in [1.165, 1.54) is 0 Å². The summed E-state index contributed by atoms with van der Waals surface area (Å²) in [6, 6.07) is 13.5. The van der Waals surface area contributed by atoms with E-state index < -0.39 is 0 Å². The molecule has 2 aromatic carbocycles. The van der Waals surface area contributed by atoms with Gasteiger partial charge in [-0.05, 0) is 29.5 Å². The number of benzene rings is 2. The van der Waals surface area contributed by atoms with Gasteiger partial charge in [-0.25, -0.2) is 4.99 Å². The molecule has 0 saturated carbocycles. The van der Waals surface area contributed by atoms with Gasteiger partial charge < -0.3 is 4.74 Å². The van der Waals surface area contributed by atoms with Crippen LogP contribution in [-0.4, -0.2) is 0 Å². The number of hydrogen-bond donors (Lipinski definition) is 0. The SMILES string of the molecule is C=c1ccc2c(c1)Oc1ccccc1N=2. The number of fused-ring (bicyclic) bond motifs is 2. The van der Waals surface area contributed by atoms with E-state index in [4.69, 9.17) is 4.74 Å². The van der Waals surface area contributed by atoms with Gasteiger partial charge in [0.25, 0.3) is 0 Å². The summed E-state index contributed by atoms with van der Waals surface area (Å²) in [7, 11) is 0. The summed E-state index contributed by atoms with van der Waals surface area (Å²) in [4.78, 5) is 4.50. The topological polar surface area (TPSA) is 21.6 Å². The van der Waals surface area contributed by atoms with Gasteiger partial charge in [-0.15, -0.1) is 0 Å². The van der Waals surface area contributed by atoms with Crippen molar-refractivity contribution >= 4 is 12.3 Å². The van der Waals surface area contributed by atoms with E-state index in [-0.39, 0.29) is 0 Å². The van der Waals surface area contributed by atoms with E-state index >= 15 is 0 Å². The number of ether oxygens (including phenoxy) is 1. The molecule has 3 rings (SSSR count). The van der Waals surface area contributed by atoms with Crippen LogP contribution in [0.3, 0.4) is 0 Å². The molecule has 1 heterocycles. The van der Waals surface area contributed by atoms with Crippen LogP contribution in [0.15, 0.2) is 47.5 Å². The Kier molecular flexibility index (Phi) is 1.62. The lowest BCUT2D eigenvalue weighted by Crippen LogP contribution is -2.13. The molecule has 0 aromatic heterocycles. The average molecular weight is 195 g/mol. The van der Waals surface area contributed by atoms with Gasteiger partial charge in [0.1, 0.15) is 11.0 Å². The lowest BCUT2D eigenvalue weighted by Gasteiger charge is -2.13. The van der Waals surface area contributed by atoms with Crippen LogP contribution in [0.1, 0.15) is 0 Å². The summed E-state index contributed by atoms with van der Waals surface area (Å²) in [6.07, 6.45) is 0. The quantitative estimate of drug-likeness (QED) is 0.538. The van der Waals surface area contributed by atoms with Crippen LogP contribution >= 0.6 is 0 Å². The minimum Gasteiger partial charge on any atom is -0.453 e. The van der Waals surface area contributed by atoms with Crippen molar-refractivity contribution in [2.45, 2.75) is 0 Å². The molecule has 15 heavy (non-hydrogen) atoms. The van der Waals surface area contributed by atoms with Crippen molar-refractivity contribution in [3.05, 3.63) is 53.0 Å². The highest BCUT2D eigenvalue weighted by molar-refractivity contribution is 5.55. The van der Waals surface area contributed by atoms with E-state index in [0.717, 1.165) is 27.8 Å². The van der Waals surface area contributed by atoms with E-state index in [0.29, 0.717) is 0 Å². The second kappa shape index (κ2) is 2.95. The van der Waals surface area contributed by atoms with Crippen LogP contribution in [0, 0.1) is 0 Å². The maximum absolute atomic E-state index is 5.72. The summed E-state index contributed by atoms with van der Waals surface area (Å²) in [5.41, 5.74) is 0.877. The van der Waals surface area contributed by atoms with Crippen molar-refractivity contribution in [1.29, 1.82) is 0 Å². The Balaban J connectivity index is 2.33. The van der Waals surface area contributed by atoms with E-state index in [1.54, 1.807) is 0 Å². The molecule has 0 bridgehead atoms. The summed E-state index contributed by atoms with van der Waals surface area (Å²) < 4.78 is 5.72. The maximum Gasteiger partial charge on any atom is 0.153 e. The summed E-state index contributed by atoms with van der Waals surface area (Å²) in [6.45, 7) is 3.86. The Morgan fingerprint density at radius 1 is 1.00 bits per heavy atom. The Bertz CT molecular complexity index is 631. The Labute approximate surface area is 87.2 Å². The highest BCUT2D eigenvalue weighted by atomic mass is 16.5. The first-order chi connectivity index (χ1) is 7.33. The van der Waals surface area contributed by atoms with Gasteiger partial charge in [-0.3, -0.25) is 0 Å². The molecule has 0 aliphatic carbocycles. The van der Waals surface area contributed by atoms with Crippen LogP contribution in [0.25, 0.3) is 6.58 Å². The molecule has 2 heteroatoms. The van der Waals surface area contributed by atoms with Gasteiger partial charge in [0.15, 0.2) is 11.5 Å². The average Bonchev–Trinajstić information content (AvgIpc) is 2.26. The number of hydrogen-bond acceptors (Lipinski definition) is 2. The van der Waals surface area contributed by atoms with Crippen molar-refractivity contribution in [2.75, 3.05) is 0 Å². The van der Waals surface area contributed by atoms with E-state index in [1.807, 2.05) is 42.5 Å². The second-order valence-electron chi connectivity index (χ2n) is 3.48. The molecule has 1 aliphatic heterocycles. The van der Waals surface area contributed by atoms with Crippen molar-refractivity contribution in [2.24, 2.45) is 4.99 Å². The minimum atomic E-state index is 0.779. The molecule has 0 fully saturated rings. The fourth-order valence-corrected chi connectivity index (χ4v) is 1.62. The molecule has 2 nitrogen and oxygen atoms in total. The third kappa shape index (κ3) is 1.31. The summed E-state index contributed by atoms with van der Waals surface area (Å²) in [5.74, 6) is 1.58. The molecule has 0 saturated heterocycles. The number of nitrogens with zero attached hydrogens (tertiary/aromatic N) is 1. The third-order valence-corrected chi connectivity index (χ3v) is 2.35. The molecule has 0 N–H and O–H groups in total. The molecule has 0 radical (unpaired) electrons. The molecular formula is C13H9NO. The highest BCUT2D eigenvalue weighted by Crippen LogP contribution is 2.32. The van der Waals surface area contributed by atoms with E-state index in [2.05, 4.69) is 11.6 Å². The largest absolute Gasteiger partial charge is 0.453 e. The van der Waals surface area contributed by atoms with Crippen LogP contribution in [-0.2, 0) is 0 Å². The first-order valence-electron chi connectivity index (χ1n) is 4.77. The van der Waals surface area contributed by atoms with Crippen LogP contribution < -0.4 is 15.3 Å². The van der Waals surface area contributed by atoms with Gasteiger partial charge in [-0.2, -0.15) is 0 Å². The molecule has 0 unspecified atom stereocenters. The predicted molar refractivity (Wildman–Crippen MR) is 58.9 cm³/mol. The molecule has 2 aromatic rings. The zero-order chi connectivity index (χ0) is 10.3. The van der Waals surface area contributed by atoms with Crippen LogP contribution in [0.2, 0.25) is 0 Å². The lowest BCUT2D eigenvalue weighted by atomic mass is 10.2. The number of rotatable bonds is 0. The first kappa shape index (κ1) is 8.24. The van der Waals surface area contributed by atoms with Gasteiger partial charge in [0, 0.05) is 0 Å². The fourth-order valence-electron chi connectivity index (χ4n) is 1.62. The molecule has 0 amide bonds. The fraction of sp³-hybridized carbons (Fsp3) is 0. The monoisotopic (exact) mass is 195 g/mol. The standard InChI is InChI=1S/C13H9NO/c1-9-6-7-11-13(8-9)15-12-5-3-2-4-10(12)14-11/h2-8H,1H2. The second-order valence-corrected chi connectivity index (χ2v) is 3.48. The Morgan fingerprint density at radius 2 is 1.87 bits per heavy atom. The van der Waals surface area contributed by atoms with E-state index in [9.17, 15) is 0 Å². The summed E-state index contributed by atoms with van der Waals surface area (Å²) in [5, 5.41) is 1.80. The molecular weight excluding hydrogens is 186 g/mol. The molecule has 72 valence electrons. The predicted octanol–water partition coefficient (Wildman–Crippen LogP) is 2.15. The van der Waals surface area contributed by atoms with Crippen LogP contribution in [0.5, 0.6) is 11.5 Å². The molecule has 1 aliphatic rings. The minimum absolute atomic E-state index is 0.779. The zero-order valence-electron chi connectivity index (χ0n) is 8.10. The van der Waals surface area contributed by atoms with Crippen molar-refractivity contribution in [3.8, 4) is 11.5 Å². The Morgan fingerprint density at radius 3 is 2.80 bits per heavy atom. The smallest absolute Gasteiger partial charge is 0.153 e. The maximum atomic E-state index is 5.72. The van der Waals surface area contributed by atoms with Gasteiger partial charge in [0.05, 0.1) is 0 Å².